The molecular formula is C14H18O5. The number of hydrogen-bond acceptors (Lipinski definition) is 5. The van der Waals surface area contributed by atoms with Crippen molar-refractivity contribution in [2.45, 2.75) is 19.8 Å². The number of phenolic OH excluding ortho intramolecular Hbond substituents is 1. The highest BCUT2D eigenvalue weighted by Crippen LogP contribution is 2.17. The molecule has 1 atom stereocenters. The fourth-order valence-corrected chi connectivity index (χ4v) is 1.74. The monoisotopic (exact) mass is 266 g/mol. The van der Waals surface area contributed by atoms with Gasteiger partial charge >= 0.3 is 11.9 Å². The average molecular weight is 266 g/mol. The maximum atomic E-state index is 11.6. The molecule has 0 heterocycles. The van der Waals surface area contributed by atoms with Crippen molar-refractivity contribution >= 4 is 11.9 Å². The molecule has 0 aliphatic heterocycles. The molecule has 0 spiro atoms. The Morgan fingerprint density at radius 2 is 1.89 bits per heavy atom. The van der Waals surface area contributed by atoms with Crippen LogP contribution in [0.2, 0.25) is 0 Å². The van der Waals surface area contributed by atoms with Crippen LogP contribution in [0.5, 0.6) is 5.75 Å². The van der Waals surface area contributed by atoms with Gasteiger partial charge in [-0.05, 0) is 31.0 Å². The third-order valence-electron chi connectivity index (χ3n) is 2.67. The first-order chi connectivity index (χ1) is 9.06. The van der Waals surface area contributed by atoms with Gasteiger partial charge in [0.1, 0.15) is 5.75 Å². The number of methoxy groups -OCH3 is 1. The molecule has 0 bridgehead atoms. The van der Waals surface area contributed by atoms with Crippen LogP contribution in [0.25, 0.3) is 0 Å². The summed E-state index contributed by atoms with van der Waals surface area (Å²) in [6.45, 7) is 2.00. The van der Waals surface area contributed by atoms with E-state index in [-0.39, 0.29) is 18.8 Å². The zero-order valence-corrected chi connectivity index (χ0v) is 11.1. The van der Waals surface area contributed by atoms with Crippen LogP contribution in [0.3, 0.4) is 0 Å². The van der Waals surface area contributed by atoms with Crippen molar-refractivity contribution in [3.8, 4) is 5.75 Å². The largest absolute Gasteiger partial charge is 0.508 e. The van der Waals surface area contributed by atoms with Gasteiger partial charge in [-0.2, -0.15) is 0 Å². The Labute approximate surface area is 112 Å². The van der Waals surface area contributed by atoms with E-state index in [9.17, 15) is 14.7 Å². The van der Waals surface area contributed by atoms with Crippen molar-refractivity contribution in [1.82, 2.24) is 0 Å². The third kappa shape index (κ3) is 4.99. The number of hydrogen-bond donors (Lipinski definition) is 1. The molecule has 0 aliphatic carbocycles. The molecule has 0 aliphatic rings. The minimum Gasteiger partial charge on any atom is -0.508 e. The molecule has 1 rings (SSSR count). The molecule has 1 N–H and O–H groups in total. The highest BCUT2D eigenvalue weighted by Gasteiger charge is 2.23. The molecule has 1 aromatic rings. The minimum absolute atomic E-state index is 0.0125. The van der Waals surface area contributed by atoms with Crippen molar-refractivity contribution in [3.63, 3.8) is 0 Å². The van der Waals surface area contributed by atoms with E-state index >= 15 is 0 Å². The summed E-state index contributed by atoms with van der Waals surface area (Å²) in [7, 11) is 1.29. The molecule has 1 unspecified atom stereocenters. The summed E-state index contributed by atoms with van der Waals surface area (Å²) in [6, 6.07) is 6.48. The molecule has 5 nitrogen and oxygen atoms in total. The molecule has 0 fully saturated rings. The van der Waals surface area contributed by atoms with Gasteiger partial charge in [0.05, 0.1) is 26.1 Å². The van der Waals surface area contributed by atoms with Crippen LogP contribution in [-0.2, 0) is 25.5 Å². The number of benzene rings is 1. The van der Waals surface area contributed by atoms with E-state index in [0.29, 0.717) is 6.42 Å². The van der Waals surface area contributed by atoms with Gasteiger partial charge in [-0.1, -0.05) is 12.1 Å². The number of esters is 2. The highest BCUT2D eigenvalue weighted by molar-refractivity contribution is 5.80. The second-order valence-electron chi connectivity index (χ2n) is 4.10. The quantitative estimate of drug-likeness (QED) is 0.793. The second kappa shape index (κ2) is 7.41. The summed E-state index contributed by atoms with van der Waals surface area (Å²) < 4.78 is 9.53. The summed E-state index contributed by atoms with van der Waals surface area (Å²) in [5.41, 5.74) is 0.845. The van der Waals surface area contributed by atoms with E-state index in [4.69, 9.17) is 9.47 Å². The first-order valence-electron chi connectivity index (χ1n) is 6.08. The summed E-state index contributed by atoms with van der Waals surface area (Å²) in [5, 5.41) is 9.20. The predicted molar refractivity (Wildman–Crippen MR) is 68.6 cm³/mol. The maximum Gasteiger partial charge on any atom is 0.309 e. The lowest BCUT2D eigenvalue weighted by atomic mass is 9.96. The average Bonchev–Trinajstić information content (AvgIpc) is 2.40. The summed E-state index contributed by atoms with van der Waals surface area (Å²) in [4.78, 5) is 23.1. The first-order valence-corrected chi connectivity index (χ1v) is 6.08. The number of carbonyl (C=O) groups is 2. The van der Waals surface area contributed by atoms with Crippen LogP contribution in [0, 0.1) is 5.92 Å². The number of ether oxygens (including phenoxy) is 2. The molecule has 0 radical (unpaired) electrons. The number of rotatable bonds is 6. The Balaban J connectivity index is 2.71. The van der Waals surface area contributed by atoms with Gasteiger partial charge in [0.25, 0.3) is 0 Å². The van der Waals surface area contributed by atoms with Crippen LogP contribution in [-0.4, -0.2) is 30.8 Å². The zero-order chi connectivity index (χ0) is 14.3. The van der Waals surface area contributed by atoms with Gasteiger partial charge in [0.2, 0.25) is 0 Å². The fraction of sp³-hybridized carbons (Fsp3) is 0.429. The lowest BCUT2D eigenvalue weighted by Crippen LogP contribution is -2.23. The summed E-state index contributed by atoms with van der Waals surface area (Å²) in [6.07, 6.45) is 0.354. The van der Waals surface area contributed by atoms with Gasteiger partial charge in [0.15, 0.2) is 0 Å². The van der Waals surface area contributed by atoms with Crippen molar-refractivity contribution < 1.29 is 24.2 Å². The van der Waals surface area contributed by atoms with Crippen LogP contribution in [0.15, 0.2) is 24.3 Å². The van der Waals surface area contributed by atoms with Gasteiger partial charge < -0.3 is 14.6 Å². The molecule has 0 aromatic heterocycles. The van der Waals surface area contributed by atoms with Gasteiger partial charge in [-0.3, -0.25) is 9.59 Å². The van der Waals surface area contributed by atoms with Gasteiger partial charge in [-0.15, -0.1) is 0 Å². The highest BCUT2D eigenvalue weighted by atomic mass is 16.5. The Morgan fingerprint density at radius 3 is 2.42 bits per heavy atom. The van der Waals surface area contributed by atoms with Crippen molar-refractivity contribution in [2.24, 2.45) is 5.92 Å². The van der Waals surface area contributed by atoms with E-state index < -0.39 is 17.9 Å². The van der Waals surface area contributed by atoms with Crippen LogP contribution in [0.4, 0.5) is 0 Å². The Bertz CT molecular complexity index is 424. The van der Waals surface area contributed by atoms with Crippen LogP contribution in [0.1, 0.15) is 18.9 Å². The van der Waals surface area contributed by atoms with E-state index in [1.807, 2.05) is 0 Å². The smallest absolute Gasteiger partial charge is 0.309 e. The van der Waals surface area contributed by atoms with E-state index in [1.54, 1.807) is 19.1 Å². The van der Waals surface area contributed by atoms with Gasteiger partial charge in [0, 0.05) is 0 Å². The number of carbonyl (C=O) groups excluding carboxylic acids is 2. The standard InChI is InChI=1S/C14H18O5/c1-3-19-13(16)9-11(14(17)18-2)8-10-4-6-12(15)7-5-10/h4-7,11,15H,3,8-9H2,1-2H3. The molecule has 1 aromatic carbocycles. The maximum absolute atomic E-state index is 11.6. The molecule has 0 amide bonds. The SMILES string of the molecule is CCOC(=O)CC(Cc1ccc(O)cc1)C(=O)OC. The number of aromatic hydroxyl groups is 1. The van der Waals surface area contributed by atoms with Crippen molar-refractivity contribution in [3.05, 3.63) is 29.8 Å². The second-order valence-corrected chi connectivity index (χ2v) is 4.10. The molecule has 0 saturated carbocycles. The summed E-state index contributed by atoms with van der Waals surface area (Å²) in [5.74, 6) is -1.28. The molecule has 19 heavy (non-hydrogen) atoms. The van der Waals surface area contributed by atoms with Crippen molar-refractivity contribution in [1.29, 1.82) is 0 Å². The Kier molecular flexibility index (Phi) is 5.85. The fourth-order valence-electron chi connectivity index (χ4n) is 1.74. The molecule has 0 saturated heterocycles. The van der Waals surface area contributed by atoms with E-state index in [1.165, 1.54) is 19.2 Å². The minimum atomic E-state index is -0.575. The predicted octanol–water partition coefficient (Wildman–Crippen LogP) is 1.68. The van der Waals surface area contributed by atoms with E-state index in [0.717, 1.165) is 5.56 Å². The van der Waals surface area contributed by atoms with E-state index in [2.05, 4.69) is 0 Å². The first kappa shape index (κ1) is 15.0. The Hall–Kier alpha value is -2.04. The van der Waals surface area contributed by atoms with Crippen LogP contribution >= 0.6 is 0 Å². The molecular weight excluding hydrogens is 248 g/mol. The third-order valence-corrected chi connectivity index (χ3v) is 2.67. The Morgan fingerprint density at radius 1 is 1.26 bits per heavy atom. The van der Waals surface area contributed by atoms with Crippen LogP contribution < -0.4 is 0 Å². The molecule has 5 heteroatoms. The normalized spacial score (nSPS) is 11.7. The van der Waals surface area contributed by atoms with Crippen molar-refractivity contribution in [2.75, 3.05) is 13.7 Å². The summed E-state index contributed by atoms with van der Waals surface area (Å²) >= 11 is 0. The molecule has 104 valence electrons. The lowest BCUT2D eigenvalue weighted by Gasteiger charge is -2.14. The lowest BCUT2D eigenvalue weighted by molar-refractivity contribution is -0.153. The zero-order valence-electron chi connectivity index (χ0n) is 11.1. The van der Waals surface area contributed by atoms with Gasteiger partial charge in [-0.25, -0.2) is 0 Å². The topological polar surface area (TPSA) is 72.8 Å². The number of phenols is 1.